The Balaban J connectivity index is 4.78. The molecule has 0 bridgehead atoms. The molecular formula is C81H126O16P2. The third kappa shape index (κ3) is 73.2. The van der Waals surface area contributed by atoms with E-state index in [0.717, 1.165) is 161 Å². The first kappa shape index (κ1) is 93.1. The van der Waals surface area contributed by atoms with Crippen molar-refractivity contribution in [2.75, 3.05) is 39.6 Å². The number of esters is 3. The molecule has 0 saturated carbocycles. The summed E-state index contributed by atoms with van der Waals surface area (Å²) < 4.78 is 60.9. The van der Waals surface area contributed by atoms with Crippen LogP contribution in [0.25, 0.3) is 0 Å². The zero-order chi connectivity index (χ0) is 72.3. The number of aliphatic hydroxyl groups excluding tert-OH is 2. The van der Waals surface area contributed by atoms with Gasteiger partial charge < -0.3 is 34.2 Å². The molecule has 0 aliphatic carbocycles. The molecule has 0 radical (unpaired) electrons. The summed E-state index contributed by atoms with van der Waals surface area (Å²) in [6, 6.07) is 0. The molecule has 18 heteroatoms. The number of carbonyl (C=O) groups is 3. The average Bonchev–Trinajstić information content (AvgIpc) is 2.07. The Morgan fingerprint density at radius 2 is 0.515 bits per heavy atom. The Hall–Kier alpha value is -5.87. The van der Waals surface area contributed by atoms with Crippen LogP contribution in [0.2, 0.25) is 0 Å². The van der Waals surface area contributed by atoms with Crippen molar-refractivity contribution in [2.45, 2.75) is 245 Å². The number of carbonyl (C=O) groups excluding carboxylic acids is 3. The predicted octanol–water partition coefficient (Wildman–Crippen LogP) is 21.0. The monoisotopic (exact) mass is 1420 g/mol. The van der Waals surface area contributed by atoms with E-state index < -0.39 is 91.5 Å². The fourth-order valence-corrected chi connectivity index (χ4v) is 10.1. The van der Waals surface area contributed by atoms with E-state index in [1.54, 1.807) is 0 Å². The number of hydrogen-bond acceptors (Lipinski definition) is 14. The van der Waals surface area contributed by atoms with Crippen molar-refractivity contribution < 1.29 is 75.8 Å². The summed E-state index contributed by atoms with van der Waals surface area (Å²) in [6.07, 6.45) is 94.6. The summed E-state index contributed by atoms with van der Waals surface area (Å²) in [7, 11) is -9.84. The van der Waals surface area contributed by atoms with Gasteiger partial charge in [0.05, 0.1) is 26.4 Å². The molecule has 4 N–H and O–H groups in total. The van der Waals surface area contributed by atoms with Crippen LogP contribution in [0, 0.1) is 0 Å². The minimum atomic E-state index is -4.97. The number of hydrogen-bond donors (Lipinski definition) is 4. The summed E-state index contributed by atoms with van der Waals surface area (Å²) in [4.78, 5) is 58.5. The lowest BCUT2D eigenvalue weighted by atomic mass is 10.1. The van der Waals surface area contributed by atoms with Crippen LogP contribution in [0.5, 0.6) is 0 Å². The van der Waals surface area contributed by atoms with Crippen molar-refractivity contribution >= 4 is 33.6 Å². The molecule has 5 atom stereocenters. The number of rotatable bonds is 66. The van der Waals surface area contributed by atoms with Gasteiger partial charge in [-0.05, 0) is 161 Å². The molecule has 16 nitrogen and oxygen atoms in total. The molecule has 0 saturated heterocycles. The molecule has 0 aromatic carbocycles. The van der Waals surface area contributed by atoms with Crippen molar-refractivity contribution in [1.29, 1.82) is 0 Å². The Morgan fingerprint density at radius 3 is 0.848 bits per heavy atom. The third-order valence-corrected chi connectivity index (χ3v) is 15.9. The summed E-state index contributed by atoms with van der Waals surface area (Å²) in [6.45, 7) is 2.14. The molecule has 0 aromatic rings. The fourth-order valence-electron chi connectivity index (χ4n) is 8.55. The topological polar surface area (TPSA) is 231 Å². The van der Waals surface area contributed by atoms with E-state index in [1.807, 2.05) is 12.2 Å². The molecule has 0 aliphatic heterocycles. The quantitative estimate of drug-likeness (QED) is 0.0146. The maximum atomic E-state index is 12.9. The highest BCUT2D eigenvalue weighted by molar-refractivity contribution is 7.47. The number of allylic oxidation sites excluding steroid dienone is 34. The van der Waals surface area contributed by atoms with Crippen molar-refractivity contribution in [2.24, 2.45) is 0 Å². The first-order valence-electron chi connectivity index (χ1n) is 36.4. The van der Waals surface area contributed by atoms with Gasteiger partial charge in [-0.2, -0.15) is 0 Å². The van der Waals surface area contributed by atoms with Gasteiger partial charge in [0, 0.05) is 19.3 Å². The highest BCUT2D eigenvalue weighted by Gasteiger charge is 2.29. The summed E-state index contributed by atoms with van der Waals surface area (Å²) >= 11 is 0. The smallest absolute Gasteiger partial charge is 0.463 e. The predicted molar refractivity (Wildman–Crippen MR) is 407 cm³/mol. The third-order valence-electron chi connectivity index (χ3n) is 14.0. The van der Waals surface area contributed by atoms with Crippen LogP contribution >= 0.6 is 15.6 Å². The molecular weight excluding hydrogens is 1290 g/mol. The Kier molecular flexibility index (Phi) is 67.7. The van der Waals surface area contributed by atoms with Crippen molar-refractivity contribution in [1.82, 2.24) is 0 Å². The van der Waals surface area contributed by atoms with Gasteiger partial charge in [0.15, 0.2) is 6.10 Å². The van der Waals surface area contributed by atoms with E-state index in [4.69, 9.17) is 32.3 Å². The van der Waals surface area contributed by atoms with E-state index >= 15 is 0 Å². The van der Waals surface area contributed by atoms with Gasteiger partial charge in [-0.15, -0.1) is 0 Å². The van der Waals surface area contributed by atoms with E-state index in [1.165, 1.54) is 0 Å². The van der Waals surface area contributed by atoms with Crippen LogP contribution in [0.15, 0.2) is 207 Å². The first-order valence-corrected chi connectivity index (χ1v) is 39.4. The molecule has 0 amide bonds. The second kappa shape index (κ2) is 71.9. The minimum absolute atomic E-state index is 0.00641. The summed E-state index contributed by atoms with van der Waals surface area (Å²) in [5.74, 6) is -1.73. The highest BCUT2D eigenvalue weighted by atomic mass is 31.2. The maximum Gasteiger partial charge on any atom is 0.472 e. The molecule has 0 spiro atoms. The van der Waals surface area contributed by atoms with Gasteiger partial charge in [0.1, 0.15) is 25.4 Å². The summed E-state index contributed by atoms with van der Waals surface area (Å²) in [5, 5.41) is 20.6. The van der Waals surface area contributed by atoms with E-state index in [0.29, 0.717) is 25.7 Å². The maximum absolute atomic E-state index is 12.9. The van der Waals surface area contributed by atoms with Crippen LogP contribution in [-0.4, -0.2) is 95.9 Å². The van der Waals surface area contributed by atoms with E-state index in [-0.39, 0.29) is 19.3 Å². The molecule has 5 unspecified atom stereocenters. The van der Waals surface area contributed by atoms with Crippen molar-refractivity contribution in [3.05, 3.63) is 207 Å². The second-order valence-electron chi connectivity index (χ2n) is 23.2. The van der Waals surface area contributed by atoms with E-state index in [9.17, 15) is 43.5 Å². The van der Waals surface area contributed by atoms with Gasteiger partial charge in [0.2, 0.25) is 0 Å². The lowest BCUT2D eigenvalue weighted by Gasteiger charge is -2.21. The number of phosphoric ester groups is 2. The largest absolute Gasteiger partial charge is 0.472 e. The lowest BCUT2D eigenvalue weighted by molar-refractivity contribution is -0.161. The van der Waals surface area contributed by atoms with Gasteiger partial charge in [-0.3, -0.25) is 32.5 Å². The molecule has 0 heterocycles. The van der Waals surface area contributed by atoms with E-state index in [2.05, 4.69) is 215 Å². The van der Waals surface area contributed by atoms with Crippen molar-refractivity contribution in [3.8, 4) is 0 Å². The van der Waals surface area contributed by atoms with Gasteiger partial charge in [-0.25, -0.2) is 9.13 Å². The number of ether oxygens (including phenoxy) is 3. The number of aliphatic hydroxyl groups is 2. The standard InChI is InChI=1S/C81H126O16P2/c1-4-7-10-13-16-19-22-25-28-31-33-35-36-37-38-40-42-44-46-49-52-55-58-61-64-67-79(84)91-70-76(82)71-93-98(87,88)94-72-77(83)73-95-99(89,90)96-75-78(97-81(86)69-66-63-60-57-54-51-48-43-30-27-24-21-18-15-12-9-6-3)74-92-80(85)68-65-62-59-56-53-50-47-45-41-39-34-32-29-26-23-20-17-14-11-8-5-2/h7-12,16-21,25-30,33-35,37-39,42,44-45,47-48,51,53,56-57,60,76-78,82-83H,4-6,13-15,22-24,31-32,36,40-41,43,46,49-50,52,54-55,58-59,61-75H2,1-3H3,(H,87,88)(H,89,90)/b10-7-,11-8-,12-9-,19-16-,20-17-,21-18-,28-25-,29-26-,30-27-,35-33-,38-37-,39-34-,44-42-,47-45-,51-48-,56-53-,60-57-. The first-order chi connectivity index (χ1) is 48.2. The molecule has 556 valence electrons. The number of phosphoric acid groups is 2. The molecule has 0 aromatic heterocycles. The van der Waals surface area contributed by atoms with Crippen LogP contribution < -0.4 is 0 Å². The van der Waals surface area contributed by atoms with Gasteiger partial charge in [0.25, 0.3) is 0 Å². The van der Waals surface area contributed by atoms with Crippen LogP contribution in [0.3, 0.4) is 0 Å². The van der Waals surface area contributed by atoms with Crippen molar-refractivity contribution in [3.63, 3.8) is 0 Å². The molecule has 0 rings (SSSR count). The zero-order valence-corrected chi connectivity index (χ0v) is 62.1. The molecule has 99 heavy (non-hydrogen) atoms. The highest BCUT2D eigenvalue weighted by Crippen LogP contribution is 2.45. The second-order valence-corrected chi connectivity index (χ2v) is 26.1. The zero-order valence-electron chi connectivity index (χ0n) is 60.3. The minimum Gasteiger partial charge on any atom is -0.463 e. The average molecular weight is 1420 g/mol. The Labute approximate surface area is 597 Å². The fraction of sp³-hybridized carbons (Fsp3) is 0.543. The normalized spacial score (nSPS) is 15.3. The Bertz CT molecular complexity index is 2630. The lowest BCUT2D eigenvalue weighted by Crippen LogP contribution is -2.30. The number of unbranched alkanes of at least 4 members (excludes halogenated alkanes) is 9. The van der Waals surface area contributed by atoms with Gasteiger partial charge in [-0.1, -0.05) is 253 Å². The Morgan fingerprint density at radius 1 is 0.283 bits per heavy atom. The SMILES string of the molecule is CC/C=C\C/C=C\C/C=C\C/C=C\C/C=C\C/C=C\CCCCCCCCC(=O)OCC(O)COP(=O)(O)OCC(O)COP(=O)(O)OCC(COC(=O)CCCC/C=C\C/C=C\C/C=C\C/C=C\C/C=C\C/C=C\CC)OC(=O)CCC/C=C\C/C=C\C/C=C\C/C=C\C/C=C\CC. The molecule has 0 aliphatic rings. The van der Waals surface area contributed by atoms with Crippen LogP contribution in [0.1, 0.15) is 226 Å². The van der Waals surface area contributed by atoms with Crippen LogP contribution in [-0.2, 0) is 55.8 Å². The van der Waals surface area contributed by atoms with Crippen LogP contribution in [0.4, 0.5) is 0 Å². The summed E-state index contributed by atoms with van der Waals surface area (Å²) in [5.41, 5.74) is 0. The molecule has 0 fully saturated rings. The van der Waals surface area contributed by atoms with Gasteiger partial charge >= 0.3 is 33.6 Å².